The lowest BCUT2D eigenvalue weighted by Crippen LogP contribution is -2.39. The molecule has 0 bridgehead atoms. The van der Waals surface area contributed by atoms with Gasteiger partial charge in [0.05, 0.1) is 14.2 Å². The van der Waals surface area contributed by atoms with Crippen molar-refractivity contribution in [2.24, 2.45) is 5.73 Å². The number of hydrogen-bond acceptors (Lipinski definition) is 4. The maximum absolute atomic E-state index is 6.13. The Morgan fingerprint density at radius 3 is 2.47 bits per heavy atom. The summed E-state index contributed by atoms with van der Waals surface area (Å²) in [5.41, 5.74) is 7.18. The van der Waals surface area contributed by atoms with Gasteiger partial charge in [-0.2, -0.15) is 0 Å². The maximum Gasteiger partial charge on any atom is 0.162 e. The molecule has 1 saturated heterocycles. The van der Waals surface area contributed by atoms with Crippen molar-refractivity contribution >= 4 is 5.69 Å². The summed E-state index contributed by atoms with van der Waals surface area (Å²) in [5.74, 6) is 1.52. The molecule has 0 aromatic heterocycles. The van der Waals surface area contributed by atoms with Crippen molar-refractivity contribution in [1.82, 2.24) is 0 Å². The van der Waals surface area contributed by atoms with E-state index in [1.807, 2.05) is 18.2 Å². The van der Waals surface area contributed by atoms with Crippen molar-refractivity contribution in [3.8, 4) is 11.5 Å². The van der Waals surface area contributed by atoms with Crippen LogP contribution in [0, 0.1) is 0 Å². The maximum atomic E-state index is 6.13. The molecule has 1 heterocycles. The van der Waals surface area contributed by atoms with Crippen LogP contribution >= 0.6 is 0 Å². The molecular weight excluding hydrogens is 216 g/mol. The van der Waals surface area contributed by atoms with Crippen LogP contribution in [0.1, 0.15) is 13.3 Å². The minimum Gasteiger partial charge on any atom is -0.493 e. The molecule has 1 unspecified atom stereocenters. The van der Waals surface area contributed by atoms with Gasteiger partial charge in [0, 0.05) is 30.4 Å². The Kier molecular flexibility index (Phi) is 3.15. The molecule has 0 saturated carbocycles. The third-order valence-electron chi connectivity index (χ3n) is 3.24. The number of nitrogens with two attached hydrogens (primary N) is 1. The van der Waals surface area contributed by atoms with Crippen LogP contribution in [0.25, 0.3) is 0 Å². The van der Waals surface area contributed by atoms with Crippen molar-refractivity contribution in [3.05, 3.63) is 18.2 Å². The molecule has 1 fully saturated rings. The van der Waals surface area contributed by atoms with Crippen molar-refractivity contribution < 1.29 is 9.47 Å². The predicted octanol–water partition coefficient (Wildman–Crippen LogP) is 1.63. The van der Waals surface area contributed by atoms with Gasteiger partial charge in [0.15, 0.2) is 11.5 Å². The highest BCUT2D eigenvalue weighted by molar-refractivity contribution is 5.57. The van der Waals surface area contributed by atoms with Gasteiger partial charge < -0.3 is 20.1 Å². The minimum absolute atomic E-state index is 0.0901. The van der Waals surface area contributed by atoms with Crippen LogP contribution in [0.5, 0.6) is 11.5 Å². The molecule has 2 N–H and O–H groups in total. The number of anilines is 1. The van der Waals surface area contributed by atoms with Crippen LogP contribution in [-0.4, -0.2) is 32.8 Å². The molecule has 4 heteroatoms. The second-order valence-corrected chi connectivity index (χ2v) is 4.86. The van der Waals surface area contributed by atoms with E-state index in [0.29, 0.717) is 0 Å². The Labute approximate surface area is 102 Å². The number of methoxy groups -OCH3 is 2. The molecule has 0 amide bonds. The average Bonchev–Trinajstić information content (AvgIpc) is 2.68. The lowest BCUT2D eigenvalue weighted by atomic mass is 10.0. The molecule has 0 radical (unpaired) electrons. The lowest BCUT2D eigenvalue weighted by molar-refractivity contribution is 0.355. The summed E-state index contributed by atoms with van der Waals surface area (Å²) in [6.07, 6.45) is 1.02. The Morgan fingerprint density at radius 1 is 1.24 bits per heavy atom. The molecular formula is C13H20N2O2. The summed E-state index contributed by atoms with van der Waals surface area (Å²) >= 11 is 0. The van der Waals surface area contributed by atoms with Crippen LogP contribution in [0.2, 0.25) is 0 Å². The molecule has 2 rings (SSSR count). The third kappa shape index (κ3) is 2.47. The SMILES string of the molecule is COc1ccc(N2CCC(C)(N)C2)cc1OC. The van der Waals surface area contributed by atoms with Gasteiger partial charge in [-0.15, -0.1) is 0 Å². The van der Waals surface area contributed by atoms with E-state index in [0.717, 1.165) is 36.7 Å². The third-order valence-corrected chi connectivity index (χ3v) is 3.24. The van der Waals surface area contributed by atoms with E-state index in [4.69, 9.17) is 15.2 Å². The van der Waals surface area contributed by atoms with E-state index in [-0.39, 0.29) is 5.54 Å². The Morgan fingerprint density at radius 2 is 1.94 bits per heavy atom. The second kappa shape index (κ2) is 4.45. The summed E-state index contributed by atoms with van der Waals surface area (Å²) in [6.45, 7) is 3.96. The van der Waals surface area contributed by atoms with Crippen LogP contribution < -0.4 is 20.1 Å². The molecule has 1 aromatic rings. The normalized spacial score (nSPS) is 23.9. The number of rotatable bonds is 3. The zero-order valence-electron chi connectivity index (χ0n) is 10.7. The summed E-state index contributed by atoms with van der Waals surface area (Å²) in [7, 11) is 3.29. The number of nitrogens with zero attached hydrogens (tertiary/aromatic N) is 1. The molecule has 94 valence electrons. The van der Waals surface area contributed by atoms with Gasteiger partial charge >= 0.3 is 0 Å². The van der Waals surface area contributed by atoms with Gasteiger partial charge in [-0.3, -0.25) is 0 Å². The topological polar surface area (TPSA) is 47.7 Å². The largest absolute Gasteiger partial charge is 0.493 e. The number of benzene rings is 1. The van der Waals surface area contributed by atoms with E-state index < -0.39 is 0 Å². The molecule has 1 aliphatic rings. The highest BCUT2D eigenvalue weighted by atomic mass is 16.5. The van der Waals surface area contributed by atoms with Gasteiger partial charge in [0.2, 0.25) is 0 Å². The summed E-state index contributed by atoms with van der Waals surface area (Å²) in [6, 6.07) is 5.98. The van der Waals surface area contributed by atoms with E-state index in [1.54, 1.807) is 14.2 Å². The summed E-state index contributed by atoms with van der Waals surface area (Å²) in [5, 5.41) is 0. The Balaban J connectivity index is 2.23. The smallest absolute Gasteiger partial charge is 0.162 e. The first kappa shape index (κ1) is 12.0. The van der Waals surface area contributed by atoms with E-state index in [9.17, 15) is 0 Å². The van der Waals surface area contributed by atoms with E-state index in [1.165, 1.54) is 0 Å². The quantitative estimate of drug-likeness (QED) is 0.866. The van der Waals surface area contributed by atoms with E-state index in [2.05, 4.69) is 11.8 Å². The van der Waals surface area contributed by atoms with Crippen molar-refractivity contribution in [2.45, 2.75) is 18.9 Å². The fourth-order valence-electron chi connectivity index (χ4n) is 2.23. The van der Waals surface area contributed by atoms with Crippen molar-refractivity contribution in [1.29, 1.82) is 0 Å². The molecule has 4 nitrogen and oxygen atoms in total. The van der Waals surface area contributed by atoms with Gasteiger partial charge in [-0.05, 0) is 25.5 Å². The highest BCUT2D eigenvalue weighted by Crippen LogP contribution is 2.33. The van der Waals surface area contributed by atoms with Crippen LogP contribution in [0.15, 0.2) is 18.2 Å². The van der Waals surface area contributed by atoms with Gasteiger partial charge in [0.1, 0.15) is 0 Å². The molecule has 0 spiro atoms. The van der Waals surface area contributed by atoms with Crippen molar-refractivity contribution in [2.75, 3.05) is 32.2 Å². The number of hydrogen-bond donors (Lipinski definition) is 1. The monoisotopic (exact) mass is 236 g/mol. The predicted molar refractivity (Wildman–Crippen MR) is 69.0 cm³/mol. The average molecular weight is 236 g/mol. The Bertz CT molecular complexity index is 404. The minimum atomic E-state index is -0.0901. The van der Waals surface area contributed by atoms with Gasteiger partial charge in [-0.25, -0.2) is 0 Å². The first-order valence-corrected chi connectivity index (χ1v) is 5.81. The molecule has 1 aliphatic heterocycles. The fraction of sp³-hybridized carbons (Fsp3) is 0.538. The van der Waals surface area contributed by atoms with Crippen LogP contribution in [-0.2, 0) is 0 Å². The molecule has 17 heavy (non-hydrogen) atoms. The summed E-state index contributed by atoms with van der Waals surface area (Å²) < 4.78 is 10.5. The Hall–Kier alpha value is -1.42. The highest BCUT2D eigenvalue weighted by Gasteiger charge is 2.30. The fourth-order valence-corrected chi connectivity index (χ4v) is 2.23. The van der Waals surface area contributed by atoms with Gasteiger partial charge in [-0.1, -0.05) is 0 Å². The zero-order valence-corrected chi connectivity index (χ0v) is 10.7. The second-order valence-electron chi connectivity index (χ2n) is 4.86. The van der Waals surface area contributed by atoms with Crippen LogP contribution in [0.4, 0.5) is 5.69 Å². The zero-order chi connectivity index (χ0) is 12.5. The molecule has 1 atom stereocenters. The van der Waals surface area contributed by atoms with Crippen LogP contribution in [0.3, 0.4) is 0 Å². The standard InChI is InChI=1S/C13H20N2O2/c1-13(14)6-7-15(9-13)10-4-5-11(16-2)12(8-10)17-3/h4-5,8H,6-7,9,14H2,1-3H3. The van der Waals surface area contributed by atoms with Gasteiger partial charge in [0.25, 0.3) is 0 Å². The molecule has 1 aromatic carbocycles. The lowest BCUT2D eigenvalue weighted by Gasteiger charge is -2.22. The van der Waals surface area contributed by atoms with E-state index >= 15 is 0 Å². The number of ether oxygens (including phenoxy) is 2. The first-order valence-electron chi connectivity index (χ1n) is 5.81. The summed E-state index contributed by atoms with van der Waals surface area (Å²) in [4.78, 5) is 2.28. The molecule has 0 aliphatic carbocycles. The van der Waals surface area contributed by atoms with Crippen molar-refractivity contribution in [3.63, 3.8) is 0 Å². The first-order chi connectivity index (χ1) is 8.05.